The summed E-state index contributed by atoms with van der Waals surface area (Å²) < 4.78 is 45.2. The highest BCUT2D eigenvalue weighted by Crippen LogP contribution is 2.37. The molecule has 3 aromatic rings. The maximum Gasteiger partial charge on any atom is 0.418 e. The number of nitrogens with one attached hydrogen (secondary N) is 2. The lowest BCUT2D eigenvalue weighted by Gasteiger charge is -2.16. The van der Waals surface area contributed by atoms with Crippen molar-refractivity contribution < 1.29 is 22.7 Å². The Bertz CT molecular complexity index is 1060. The number of thioether (sulfide) groups is 1. The van der Waals surface area contributed by atoms with E-state index in [2.05, 4.69) is 20.8 Å². The molecule has 1 heterocycles. The highest BCUT2D eigenvalue weighted by molar-refractivity contribution is 8.02. The van der Waals surface area contributed by atoms with Crippen LogP contribution in [0.3, 0.4) is 0 Å². The number of nitrogens with zero attached hydrogens (tertiary/aromatic N) is 2. The van der Waals surface area contributed by atoms with Gasteiger partial charge in [-0.15, -0.1) is 10.2 Å². The van der Waals surface area contributed by atoms with Gasteiger partial charge in [0.15, 0.2) is 4.34 Å². The van der Waals surface area contributed by atoms with E-state index >= 15 is 0 Å². The molecule has 12 heteroatoms. The van der Waals surface area contributed by atoms with Crippen LogP contribution < -0.4 is 15.4 Å². The van der Waals surface area contributed by atoms with Gasteiger partial charge in [-0.25, -0.2) is 0 Å². The summed E-state index contributed by atoms with van der Waals surface area (Å²) in [5.74, 6) is 0.117. The topological polar surface area (TPSA) is 76.1 Å². The zero-order chi connectivity index (χ0) is 22.6. The van der Waals surface area contributed by atoms with Crippen LogP contribution in [0.15, 0.2) is 46.8 Å². The Kier molecular flexibility index (Phi) is 7.29. The number of anilines is 3. The predicted molar refractivity (Wildman–Crippen MR) is 117 cm³/mol. The van der Waals surface area contributed by atoms with Gasteiger partial charge in [-0.2, -0.15) is 13.2 Å². The molecule has 3 rings (SSSR count). The molecule has 1 amide bonds. The Labute approximate surface area is 189 Å². The number of amides is 1. The van der Waals surface area contributed by atoms with Gasteiger partial charge in [-0.1, -0.05) is 34.7 Å². The fraction of sp³-hybridized carbons (Fsp3) is 0.211. The van der Waals surface area contributed by atoms with E-state index in [1.807, 2.05) is 12.1 Å². The van der Waals surface area contributed by atoms with E-state index in [0.29, 0.717) is 15.2 Å². The molecule has 0 radical (unpaired) electrons. The molecule has 0 fully saturated rings. The van der Waals surface area contributed by atoms with Crippen molar-refractivity contribution in [2.24, 2.45) is 0 Å². The van der Waals surface area contributed by atoms with E-state index in [4.69, 9.17) is 16.3 Å². The highest BCUT2D eigenvalue weighted by atomic mass is 35.5. The summed E-state index contributed by atoms with van der Waals surface area (Å²) in [4.78, 5) is 12.4. The Morgan fingerprint density at radius 3 is 2.55 bits per heavy atom. The van der Waals surface area contributed by atoms with E-state index in [1.165, 1.54) is 17.4 Å². The molecule has 31 heavy (non-hydrogen) atoms. The lowest BCUT2D eigenvalue weighted by atomic mass is 10.1. The maximum atomic E-state index is 13.2. The van der Waals surface area contributed by atoms with E-state index in [1.54, 1.807) is 26.2 Å². The molecule has 1 atom stereocenters. The van der Waals surface area contributed by atoms with Crippen LogP contribution in [0.1, 0.15) is 12.5 Å². The summed E-state index contributed by atoms with van der Waals surface area (Å²) >= 11 is 7.97. The molecule has 0 aliphatic rings. The number of rotatable bonds is 7. The summed E-state index contributed by atoms with van der Waals surface area (Å²) in [5.41, 5.74) is -0.581. The van der Waals surface area contributed by atoms with Crippen molar-refractivity contribution in [1.29, 1.82) is 0 Å². The van der Waals surface area contributed by atoms with E-state index < -0.39 is 22.9 Å². The van der Waals surface area contributed by atoms with Crippen molar-refractivity contribution in [3.63, 3.8) is 0 Å². The second-order valence-corrected chi connectivity index (χ2v) is 9.17. The first-order chi connectivity index (χ1) is 14.7. The molecule has 0 saturated heterocycles. The lowest BCUT2D eigenvalue weighted by molar-refractivity contribution is -0.137. The highest BCUT2D eigenvalue weighted by Gasteiger charge is 2.34. The lowest BCUT2D eigenvalue weighted by Crippen LogP contribution is -2.24. The van der Waals surface area contributed by atoms with Gasteiger partial charge < -0.3 is 15.4 Å². The molecule has 0 spiro atoms. The third-order valence-corrected chi connectivity index (χ3v) is 6.20. The summed E-state index contributed by atoms with van der Waals surface area (Å²) in [7, 11) is 1.57. The summed E-state index contributed by atoms with van der Waals surface area (Å²) in [6.07, 6.45) is -4.65. The van der Waals surface area contributed by atoms with Crippen LogP contribution in [0.4, 0.5) is 29.7 Å². The molecule has 2 aromatic carbocycles. The van der Waals surface area contributed by atoms with Crippen LogP contribution in [0.2, 0.25) is 5.02 Å². The minimum atomic E-state index is -4.65. The SMILES string of the molecule is COc1ccc(Nc2nnc(SC(C)C(=O)Nc3ccc(Cl)cc3C(F)(F)F)s2)cc1. The molecule has 6 nitrogen and oxygen atoms in total. The summed E-state index contributed by atoms with van der Waals surface area (Å²) in [5, 5.41) is 13.2. The smallest absolute Gasteiger partial charge is 0.418 e. The quantitative estimate of drug-likeness (QED) is 0.392. The molecule has 1 unspecified atom stereocenters. The first kappa shape index (κ1) is 23.2. The molecular weight excluding hydrogens is 473 g/mol. The van der Waals surface area contributed by atoms with Crippen LogP contribution in [-0.4, -0.2) is 28.5 Å². The Hall–Kier alpha value is -2.50. The van der Waals surface area contributed by atoms with Gasteiger partial charge >= 0.3 is 6.18 Å². The van der Waals surface area contributed by atoms with Gasteiger partial charge in [0.1, 0.15) is 5.75 Å². The molecule has 1 aromatic heterocycles. The van der Waals surface area contributed by atoms with Crippen molar-refractivity contribution in [3.8, 4) is 5.75 Å². The van der Waals surface area contributed by atoms with Crippen molar-refractivity contribution >= 4 is 57.1 Å². The Balaban J connectivity index is 1.63. The van der Waals surface area contributed by atoms with Crippen molar-refractivity contribution in [2.45, 2.75) is 22.7 Å². The molecular formula is C19H16ClF3N4O2S2. The second-order valence-electron chi connectivity index (χ2n) is 6.16. The van der Waals surface area contributed by atoms with Crippen molar-refractivity contribution in [3.05, 3.63) is 53.1 Å². The van der Waals surface area contributed by atoms with Crippen molar-refractivity contribution in [1.82, 2.24) is 10.2 Å². The number of methoxy groups -OCH3 is 1. The average Bonchev–Trinajstić information content (AvgIpc) is 3.15. The van der Waals surface area contributed by atoms with Crippen molar-refractivity contribution in [2.75, 3.05) is 17.7 Å². The minimum Gasteiger partial charge on any atom is -0.497 e. The largest absolute Gasteiger partial charge is 0.497 e. The fourth-order valence-corrected chi connectivity index (χ4v) is 4.49. The number of benzene rings is 2. The standard InChI is InChI=1S/C19H16ClF3N4O2S2/c1-10(16(28)25-15-8-3-11(20)9-14(15)19(21,22)23)30-18-27-26-17(31-18)24-12-4-6-13(29-2)7-5-12/h3-10H,1-2H3,(H,24,26)(H,25,28). The fourth-order valence-electron chi connectivity index (χ4n) is 2.40. The third-order valence-electron chi connectivity index (χ3n) is 3.94. The first-order valence-electron chi connectivity index (χ1n) is 8.74. The first-order valence-corrected chi connectivity index (χ1v) is 10.8. The van der Waals surface area contributed by atoms with Gasteiger partial charge in [-0.05, 0) is 49.4 Å². The third kappa shape index (κ3) is 6.25. The zero-order valence-corrected chi connectivity index (χ0v) is 18.5. The summed E-state index contributed by atoms with van der Waals surface area (Å²) in [6.45, 7) is 1.57. The number of halogens is 4. The summed E-state index contributed by atoms with van der Waals surface area (Å²) in [6, 6.07) is 10.4. The normalized spacial score (nSPS) is 12.3. The Morgan fingerprint density at radius 2 is 1.90 bits per heavy atom. The number of ether oxygens (including phenoxy) is 1. The number of alkyl halides is 3. The van der Waals surface area contributed by atoms with Gasteiger partial charge in [0.2, 0.25) is 11.0 Å². The second kappa shape index (κ2) is 9.75. The maximum absolute atomic E-state index is 13.2. The van der Waals surface area contributed by atoms with Gasteiger partial charge in [-0.3, -0.25) is 4.79 Å². The van der Waals surface area contributed by atoms with Crippen LogP contribution >= 0.6 is 34.7 Å². The number of carbonyl (C=O) groups is 1. The molecule has 2 N–H and O–H groups in total. The Morgan fingerprint density at radius 1 is 1.19 bits per heavy atom. The number of hydrogen-bond donors (Lipinski definition) is 2. The van der Waals surface area contributed by atoms with Gasteiger partial charge in [0.05, 0.1) is 23.6 Å². The van der Waals surface area contributed by atoms with E-state index in [9.17, 15) is 18.0 Å². The van der Waals surface area contributed by atoms with Crippen LogP contribution in [0.25, 0.3) is 0 Å². The van der Waals surface area contributed by atoms with Gasteiger partial charge in [0.25, 0.3) is 0 Å². The van der Waals surface area contributed by atoms with Crippen LogP contribution in [0.5, 0.6) is 5.75 Å². The average molecular weight is 489 g/mol. The minimum absolute atomic E-state index is 0.0708. The molecule has 0 aliphatic heterocycles. The van der Waals surface area contributed by atoms with E-state index in [0.717, 1.165) is 29.6 Å². The molecule has 164 valence electrons. The number of carbonyl (C=O) groups excluding carboxylic acids is 1. The van der Waals surface area contributed by atoms with E-state index in [-0.39, 0.29) is 10.7 Å². The number of aromatic nitrogens is 2. The number of hydrogen-bond acceptors (Lipinski definition) is 7. The van der Waals surface area contributed by atoms with Gasteiger partial charge in [0, 0.05) is 10.7 Å². The molecule has 0 aliphatic carbocycles. The van der Waals surface area contributed by atoms with Crippen LogP contribution in [-0.2, 0) is 11.0 Å². The van der Waals surface area contributed by atoms with Crippen LogP contribution in [0, 0.1) is 0 Å². The monoisotopic (exact) mass is 488 g/mol. The molecule has 0 bridgehead atoms. The molecule has 0 saturated carbocycles. The predicted octanol–water partition coefficient (Wildman–Crippen LogP) is 6.08. The zero-order valence-electron chi connectivity index (χ0n) is 16.2.